The van der Waals surface area contributed by atoms with Gasteiger partial charge >= 0.3 is 0 Å². The van der Waals surface area contributed by atoms with Crippen LogP contribution in [0.1, 0.15) is 18.4 Å². The molecule has 6 heteroatoms. The number of amides is 1. The van der Waals surface area contributed by atoms with E-state index >= 15 is 0 Å². The Bertz CT molecular complexity index is 578. The fraction of sp³-hybridized carbons (Fsp3) is 0.588. The van der Waals surface area contributed by atoms with E-state index < -0.39 is 11.6 Å². The number of hydrogen-bond donors (Lipinski definition) is 1. The Hall–Kier alpha value is -1.53. The van der Waals surface area contributed by atoms with Crippen LogP contribution in [0.3, 0.4) is 0 Å². The Balaban J connectivity index is 1.65. The van der Waals surface area contributed by atoms with Crippen molar-refractivity contribution in [2.75, 3.05) is 26.8 Å². The van der Waals surface area contributed by atoms with Crippen molar-refractivity contribution in [2.45, 2.75) is 25.4 Å². The summed E-state index contributed by atoms with van der Waals surface area (Å²) in [5.41, 5.74) is 0.450. The minimum absolute atomic E-state index is 0.0663. The summed E-state index contributed by atoms with van der Waals surface area (Å²) in [5, 5.41) is 3.04. The highest BCUT2D eigenvalue weighted by Gasteiger charge is 2.39. The van der Waals surface area contributed by atoms with Crippen molar-refractivity contribution >= 4 is 5.91 Å². The van der Waals surface area contributed by atoms with Crippen LogP contribution in [0.5, 0.6) is 0 Å². The topological polar surface area (TPSA) is 41.6 Å². The molecular formula is C17H22F2N2O2. The minimum Gasteiger partial charge on any atom is -0.384 e. The van der Waals surface area contributed by atoms with Gasteiger partial charge in [-0.2, -0.15) is 0 Å². The van der Waals surface area contributed by atoms with Crippen LogP contribution in [-0.4, -0.2) is 43.7 Å². The predicted octanol–water partition coefficient (Wildman–Crippen LogP) is 1.94. The molecule has 2 aliphatic rings. The molecule has 1 saturated carbocycles. The average molecular weight is 324 g/mol. The van der Waals surface area contributed by atoms with Crippen LogP contribution in [0.15, 0.2) is 18.2 Å². The van der Waals surface area contributed by atoms with E-state index in [2.05, 4.69) is 5.32 Å². The highest BCUT2D eigenvalue weighted by atomic mass is 19.1. The molecular weight excluding hydrogens is 302 g/mol. The van der Waals surface area contributed by atoms with E-state index in [4.69, 9.17) is 4.74 Å². The van der Waals surface area contributed by atoms with Gasteiger partial charge in [-0.15, -0.1) is 0 Å². The molecule has 1 amide bonds. The van der Waals surface area contributed by atoms with Crippen molar-refractivity contribution in [3.63, 3.8) is 0 Å². The van der Waals surface area contributed by atoms with Crippen LogP contribution in [0, 0.1) is 23.5 Å². The monoisotopic (exact) mass is 324 g/mol. The van der Waals surface area contributed by atoms with Gasteiger partial charge < -0.3 is 10.1 Å². The number of ether oxygens (including phenoxy) is 1. The van der Waals surface area contributed by atoms with E-state index in [-0.39, 0.29) is 17.7 Å². The van der Waals surface area contributed by atoms with Crippen LogP contribution < -0.4 is 5.32 Å². The third kappa shape index (κ3) is 4.06. The number of hydrogen-bond acceptors (Lipinski definition) is 3. The number of nitrogens with zero attached hydrogens (tertiary/aromatic N) is 1. The van der Waals surface area contributed by atoms with E-state index in [1.54, 1.807) is 7.11 Å². The Morgan fingerprint density at radius 3 is 2.78 bits per heavy atom. The van der Waals surface area contributed by atoms with Gasteiger partial charge in [-0.1, -0.05) is 6.07 Å². The molecule has 0 aromatic heterocycles. The molecule has 0 bridgehead atoms. The molecule has 4 nitrogen and oxygen atoms in total. The van der Waals surface area contributed by atoms with Gasteiger partial charge in [0.15, 0.2) is 0 Å². The lowest BCUT2D eigenvalue weighted by atomic mass is 9.96. The Kier molecular flexibility index (Phi) is 4.92. The first kappa shape index (κ1) is 16.3. The molecule has 23 heavy (non-hydrogen) atoms. The third-order valence-electron chi connectivity index (χ3n) is 4.57. The molecule has 1 aliphatic carbocycles. The van der Waals surface area contributed by atoms with E-state index in [9.17, 15) is 13.6 Å². The van der Waals surface area contributed by atoms with Gasteiger partial charge in [0, 0.05) is 50.3 Å². The summed E-state index contributed by atoms with van der Waals surface area (Å²) in [7, 11) is 1.62. The van der Waals surface area contributed by atoms with Crippen molar-refractivity contribution in [3.05, 3.63) is 35.4 Å². The zero-order chi connectivity index (χ0) is 16.4. The van der Waals surface area contributed by atoms with E-state index in [0.717, 1.165) is 18.9 Å². The first-order valence-electron chi connectivity index (χ1n) is 8.02. The number of rotatable bonds is 6. The number of halogens is 2. The van der Waals surface area contributed by atoms with Gasteiger partial charge in [0.25, 0.3) is 0 Å². The second-order valence-corrected chi connectivity index (χ2v) is 6.53. The van der Waals surface area contributed by atoms with Crippen LogP contribution in [0.25, 0.3) is 0 Å². The van der Waals surface area contributed by atoms with Crippen LogP contribution in [0.4, 0.5) is 8.78 Å². The summed E-state index contributed by atoms with van der Waals surface area (Å²) in [6.45, 7) is 2.13. The molecule has 126 valence electrons. The summed E-state index contributed by atoms with van der Waals surface area (Å²) in [6, 6.07) is 3.95. The van der Waals surface area contributed by atoms with Crippen molar-refractivity contribution in [3.8, 4) is 0 Å². The number of carbonyl (C=O) groups excluding carboxylic acids is 1. The molecule has 1 N–H and O–H groups in total. The van der Waals surface area contributed by atoms with E-state index in [1.165, 1.54) is 12.1 Å². The van der Waals surface area contributed by atoms with Gasteiger partial charge in [0.05, 0.1) is 12.5 Å². The summed E-state index contributed by atoms with van der Waals surface area (Å²) in [6.07, 6.45) is 2.11. The van der Waals surface area contributed by atoms with Gasteiger partial charge in [-0.25, -0.2) is 8.78 Å². The van der Waals surface area contributed by atoms with Gasteiger partial charge in [-0.05, 0) is 18.9 Å². The molecule has 0 radical (unpaired) electrons. The zero-order valence-electron chi connectivity index (χ0n) is 13.2. The molecule has 1 aromatic rings. The summed E-state index contributed by atoms with van der Waals surface area (Å²) in [4.78, 5) is 14.4. The number of likely N-dealkylation sites (tertiary alicyclic amines) is 1. The second-order valence-electron chi connectivity index (χ2n) is 6.53. The molecule has 1 heterocycles. The highest BCUT2D eigenvalue weighted by Crippen LogP contribution is 2.28. The third-order valence-corrected chi connectivity index (χ3v) is 4.57. The lowest BCUT2D eigenvalue weighted by Crippen LogP contribution is -2.37. The Labute approximate surface area is 134 Å². The van der Waals surface area contributed by atoms with Gasteiger partial charge in [0.2, 0.25) is 5.91 Å². The first-order valence-corrected chi connectivity index (χ1v) is 8.02. The van der Waals surface area contributed by atoms with Crippen LogP contribution in [0.2, 0.25) is 0 Å². The van der Waals surface area contributed by atoms with Gasteiger partial charge in [0.1, 0.15) is 11.6 Å². The Morgan fingerprint density at radius 2 is 2.13 bits per heavy atom. The van der Waals surface area contributed by atoms with Crippen molar-refractivity contribution in [1.29, 1.82) is 0 Å². The molecule has 1 saturated heterocycles. The maximum Gasteiger partial charge on any atom is 0.225 e. The second kappa shape index (κ2) is 6.93. The number of carbonyl (C=O) groups is 1. The molecule has 0 unspecified atom stereocenters. The molecule has 1 aromatic carbocycles. The molecule has 2 atom stereocenters. The fourth-order valence-electron chi connectivity index (χ4n) is 3.20. The van der Waals surface area contributed by atoms with Crippen LogP contribution >= 0.6 is 0 Å². The normalized spacial score (nSPS) is 24.8. The Morgan fingerprint density at radius 1 is 1.35 bits per heavy atom. The van der Waals surface area contributed by atoms with Crippen molar-refractivity contribution in [1.82, 2.24) is 10.2 Å². The SMILES string of the molecule is COC[C@@H]1CN(Cc2ccc(F)cc2F)C[C@H]1C(=O)NC1CC1. The van der Waals surface area contributed by atoms with Crippen molar-refractivity contribution < 1.29 is 18.3 Å². The molecule has 3 rings (SSSR count). The summed E-state index contributed by atoms with van der Waals surface area (Å²) >= 11 is 0. The van der Waals surface area contributed by atoms with E-state index in [1.807, 2.05) is 4.90 Å². The lowest BCUT2D eigenvalue weighted by molar-refractivity contribution is -0.126. The molecule has 0 spiro atoms. The molecule has 1 aliphatic heterocycles. The standard InChI is InChI=1S/C17H22F2N2O2/c1-23-10-12-8-21(7-11-2-3-13(18)6-16(11)19)9-15(12)17(22)20-14-4-5-14/h2-3,6,12,14-15H,4-5,7-10H2,1H3,(H,20,22)/t12-,15+/m0/s1. The minimum atomic E-state index is -0.577. The van der Waals surface area contributed by atoms with E-state index in [0.29, 0.717) is 37.8 Å². The number of methoxy groups -OCH3 is 1. The zero-order valence-corrected chi connectivity index (χ0v) is 13.2. The van der Waals surface area contributed by atoms with Gasteiger partial charge in [-0.3, -0.25) is 9.69 Å². The van der Waals surface area contributed by atoms with Crippen LogP contribution in [-0.2, 0) is 16.1 Å². The lowest BCUT2D eigenvalue weighted by Gasteiger charge is -2.16. The fourth-order valence-corrected chi connectivity index (χ4v) is 3.20. The summed E-state index contributed by atoms with van der Waals surface area (Å²) in [5.74, 6) is -1.09. The smallest absolute Gasteiger partial charge is 0.225 e. The summed E-state index contributed by atoms with van der Waals surface area (Å²) < 4.78 is 32.0. The maximum absolute atomic E-state index is 13.8. The highest BCUT2D eigenvalue weighted by molar-refractivity contribution is 5.80. The first-order chi connectivity index (χ1) is 11.1. The number of nitrogens with one attached hydrogen (secondary N) is 1. The number of benzene rings is 1. The maximum atomic E-state index is 13.8. The predicted molar refractivity (Wildman–Crippen MR) is 81.7 cm³/mol. The van der Waals surface area contributed by atoms with Crippen molar-refractivity contribution in [2.24, 2.45) is 11.8 Å². The average Bonchev–Trinajstić information content (AvgIpc) is 3.22. The molecule has 2 fully saturated rings. The largest absolute Gasteiger partial charge is 0.384 e. The quantitative estimate of drug-likeness (QED) is 0.869.